The number of pyridine rings is 2. The molecule has 0 radical (unpaired) electrons. The second-order valence-corrected chi connectivity index (χ2v) is 9.54. The van der Waals surface area contributed by atoms with Gasteiger partial charge in [-0.1, -0.05) is 6.92 Å². The number of carbonyl (C=O) groups excluding carboxylic acids is 2. The number of aliphatic hydroxyl groups excluding tert-OH is 1. The maximum absolute atomic E-state index is 15.0. The molecule has 4 heterocycles. The van der Waals surface area contributed by atoms with Gasteiger partial charge in [-0.15, -0.1) is 0 Å². The molecule has 3 aromatic rings. The average Bonchev–Trinajstić information content (AvgIpc) is 3.26. The quantitative estimate of drug-likeness (QED) is 0.350. The number of nitrogens with zero attached hydrogens (tertiary/aromatic N) is 2. The van der Waals surface area contributed by atoms with Crippen molar-refractivity contribution < 1.29 is 33.7 Å². The number of aromatic nitrogens is 2. The monoisotopic (exact) mass is 509 g/mol. The number of rotatable bonds is 4. The SMILES string of the molecule is CC[C@@]1(O)C(=O)OCc2c1cc1n(c2=O)Cc2c-1nc1cc(F)c(OC)c3c1c2C(NC(=O)CO)CC3. The summed E-state index contributed by atoms with van der Waals surface area (Å²) >= 11 is 0. The molecule has 6 rings (SSSR count). The number of methoxy groups -OCH3 is 1. The van der Waals surface area contributed by atoms with E-state index < -0.39 is 41.5 Å². The van der Waals surface area contributed by atoms with Crippen LogP contribution in [0.5, 0.6) is 5.75 Å². The van der Waals surface area contributed by atoms with Crippen LogP contribution >= 0.6 is 0 Å². The smallest absolute Gasteiger partial charge is 0.343 e. The molecule has 3 aliphatic rings. The van der Waals surface area contributed by atoms with Gasteiger partial charge in [-0.3, -0.25) is 9.59 Å². The number of carbonyl (C=O) groups is 2. The minimum absolute atomic E-state index is 0.00855. The van der Waals surface area contributed by atoms with Crippen LogP contribution in [0.4, 0.5) is 4.39 Å². The summed E-state index contributed by atoms with van der Waals surface area (Å²) in [5.41, 5.74) is 1.06. The van der Waals surface area contributed by atoms with Crippen LogP contribution in [0.25, 0.3) is 22.3 Å². The fourth-order valence-electron chi connectivity index (χ4n) is 5.97. The first-order valence-electron chi connectivity index (χ1n) is 12.0. The van der Waals surface area contributed by atoms with E-state index in [4.69, 9.17) is 14.5 Å². The molecular formula is C26H24FN3O7. The molecule has 192 valence electrons. The van der Waals surface area contributed by atoms with E-state index in [1.807, 2.05) is 0 Å². The van der Waals surface area contributed by atoms with Crippen LogP contribution in [0.15, 0.2) is 16.9 Å². The van der Waals surface area contributed by atoms with E-state index in [0.717, 1.165) is 0 Å². The number of ether oxygens (including phenoxy) is 2. The van der Waals surface area contributed by atoms with Crippen LogP contribution in [0, 0.1) is 5.82 Å². The highest BCUT2D eigenvalue weighted by Crippen LogP contribution is 2.47. The van der Waals surface area contributed by atoms with E-state index in [2.05, 4.69) is 5.32 Å². The van der Waals surface area contributed by atoms with Gasteiger partial charge in [0.15, 0.2) is 17.2 Å². The van der Waals surface area contributed by atoms with Crippen molar-refractivity contribution in [3.05, 3.63) is 56.1 Å². The number of hydrogen-bond donors (Lipinski definition) is 3. The van der Waals surface area contributed by atoms with Crippen molar-refractivity contribution in [3.8, 4) is 17.1 Å². The lowest BCUT2D eigenvalue weighted by Crippen LogP contribution is -2.44. The standard InChI is InChI=1S/C26H24FN3O7/c1-3-26(35)14-6-18-22-12(8-30(18)24(33)13(14)10-37-25(26)34)21-16(28-19(32)9-31)5-4-11-20(21)17(29-22)7-15(27)23(11)36-2/h6-7,16,31,35H,3-5,8-10H2,1-2H3,(H,28,32)/t16?,26-/m0/s1. The molecule has 11 heteroatoms. The zero-order valence-corrected chi connectivity index (χ0v) is 20.2. The van der Waals surface area contributed by atoms with E-state index in [0.29, 0.717) is 51.8 Å². The van der Waals surface area contributed by atoms with Crippen molar-refractivity contribution in [3.63, 3.8) is 0 Å². The van der Waals surface area contributed by atoms with Gasteiger partial charge in [-0.2, -0.15) is 0 Å². The molecule has 0 bridgehead atoms. The molecule has 2 aliphatic heterocycles. The summed E-state index contributed by atoms with van der Waals surface area (Å²) in [6.07, 6.45) is 0.837. The van der Waals surface area contributed by atoms with E-state index in [-0.39, 0.29) is 36.4 Å². The predicted molar refractivity (Wildman–Crippen MR) is 127 cm³/mol. The number of halogens is 1. The molecule has 10 nitrogen and oxygen atoms in total. The Bertz CT molecular complexity index is 1600. The molecule has 2 atom stereocenters. The zero-order chi connectivity index (χ0) is 26.2. The Morgan fingerprint density at radius 3 is 2.81 bits per heavy atom. The number of benzene rings is 1. The van der Waals surface area contributed by atoms with Crippen LogP contribution in [0.2, 0.25) is 0 Å². The van der Waals surface area contributed by atoms with Crippen molar-refractivity contribution in [2.75, 3.05) is 13.7 Å². The average molecular weight is 509 g/mol. The maximum Gasteiger partial charge on any atom is 0.343 e. The lowest BCUT2D eigenvalue weighted by atomic mass is 9.82. The second-order valence-electron chi connectivity index (χ2n) is 9.54. The molecule has 0 saturated heterocycles. The summed E-state index contributed by atoms with van der Waals surface area (Å²) < 4.78 is 27.0. The second kappa shape index (κ2) is 8.09. The normalized spacial score (nSPS) is 21.2. The first-order chi connectivity index (χ1) is 17.7. The lowest BCUT2D eigenvalue weighted by molar-refractivity contribution is -0.172. The van der Waals surface area contributed by atoms with Crippen LogP contribution in [-0.4, -0.2) is 45.4 Å². The molecule has 1 aromatic carbocycles. The zero-order valence-electron chi connectivity index (χ0n) is 20.2. The first-order valence-corrected chi connectivity index (χ1v) is 12.0. The van der Waals surface area contributed by atoms with Crippen molar-refractivity contribution in [2.45, 2.75) is 51.0 Å². The number of esters is 1. The highest BCUT2D eigenvalue weighted by atomic mass is 19.1. The highest BCUT2D eigenvalue weighted by Gasteiger charge is 2.46. The van der Waals surface area contributed by atoms with Crippen LogP contribution in [0.1, 0.15) is 53.6 Å². The summed E-state index contributed by atoms with van der Waals surface area (Å²) in [6, 6.07) is 2.33. The van der Waals surface area contributed by atoms with Crippen molar-refractivity contribution in [2.24, 2.45) is 0 Å². The molecule has 1 aliphatic carbocycles. The molecule has 0 fully saturated rings. The fraction of sp³-hybridized carbons (Fsp3) is 0.385. The van der Waals surface area contributed by atoms with E-state index in [1.165, 1.54) is 17.7 Å². The molecule has 3 N–H and O–H groups in total. The molecule has 1 amide bonds. The number of amides is 1. The molecule has 0 spiro atoms. The number of aliphatic hydroxyl groups is 2. The number of cyclic esters (lactones) is 1. The highest BCUT2D eigenvalue weighted by molar-refractivity contribution is 5.94. The summed E-state index contributed by atoms with van der Waals surface area (Å²) in [6.45, 7) is 0.799. The summed E-state index contributed by atoms with van der Waals surface area (Å²) in [4.78, 5) is 42.9. The third kappa shape index (κ3) is 3.10. The summed E-state index contributed by atoms with van der Waals surface area (Å²) in [5.74, 6) is -1.86. The van der Waals surface area contributed by atoms with Crippen molar-refractivity contribution in [1.29, 1.82) is 0 Å². The van der Waals surface area contributed by atoms with Gasteiger partial charge >= 0.3 is 5.97 Å². The fourth-order valence-corrected chi connectivity index (χ4v) is 5.97. The Kier molecular flexibility index (Phi) is 5.15. The number of hydrogen-bond acceptors (Lipinski definition) is 8. The third-order valence-corrected chi connectivity index (χ3v) is 7.74. The van der Waals surface area contributed by atoms with Gasteiger partial charge < -0.3 is 29.6 Å². The van der Waals surface area contributed by atoms with Gasteiger partial charge in [0.1, 0.15) is 13.2 Å². The minimum Gasteiger partial charge on any atom is -0.493 e. The van der Waals surface area contributed by atoms with E-state index in [9.17, 15) is 24.6 Å². The summed E-state index contributed by atoms with van der Waals surface area (Å²) in [5, 5.41) is 23.9. The Labute approximate surface area is 209 Å². The van der Waals surface area contributed by atoms with Gasteiger partial charge in [0, 0.05) is 28.1 Å². The van der Waals surface area contributed by atoms with Crippen molar-refractivity contribution in [1.82, 2.24) is 14.9 Å². The van der Waals surface area contributed by atoms with E-state index >= 15 is 4.39 Å². The summed E-state index contributed by atoms with van der Waals surface area (Å²) in [7, 11) is 1.39. The van der Waals surface area contributed by atoms with Gasteiger partial charge in [-0.25, -0.2) is 14.2 Å². The van der Waals surface area contributed by atoms with Gasteiger partial charge in [0.2, 0.25) is 5.91 Å². The molecule has 2 aromatic heterocycles. The molecule has 0 saturated carbocycles. The van der Waals surface area contributed by atoms with Crippen molar-refractivity contribution >= 4 is 22.8 Å². The minimum atomic E-state index is -1.97. The maximum atomic E-state index is 15.0. The number of aryl methyl sites for hydroxylation is 1. The predicted octanol–water partition coefficient (Wildman–Crippen LogP) is 1.32. The lowest BCUT2D eigenvalue weighted by Gasteiger charge is -2.31. The van der Waals surface area contributed by atoms with Gasteiger partial charge in [-0.05, 0) is 30.9 Å². The van der Waals surface area contributed by atoms with Gasteiger partial charge in [0.05, 0.1) is 42.2 Å². The van der Waals surface area contributed by atoms with Gasteiger partial charge in [0.25, 0.3) is 5.56 Å². The van der Waals surface area contributed by atoms with Crippen LogP contribution in [0.3, 0.4) is 0 Å². The molecule has 37 heavy (non-hydrogen) atoms. The largest absolute Gasteiger partial charge is 0.493 e. The first kappa shape index (κ1) is 23.6. The topological polar surface area (TPSA) is 140 Å². The number of nitrogens with one attached hydrogen (secondary N) is 1. The van der Waals surface area contributed by atoms with Crippen LogP contribution < -0.4 is 15.6 Å². The molecule has 1 unspecified atom stereocenters. The van der Waals surface area contributed by atoms with Crippen LogP contribution in [-0.2, 0) is 39.5 Å². The Balaban J connectivity index is 1.67. The molecular weight excluding hydrogens is 485 g/mol. The Morgan fingerprint density at radius 1 is 1.32 bits per heavy atom. The third-order valence-electron chi connectivity index (χ3n) is 7.74. The van der Waals surface area contributed by atoms with E-state index in [1.54, 1.807) is 13.0 Å². The Hall–Kier alpha value is -3.83. The Morgan fingerprint density at radius 2 is 2.11 bits per heavy atom. The number of fused-ring (bicyclic) bond motifs is 5.